The monoisotopic (exact) mass is 319 g/mol. The molecule has 0 radical (unpaired) electrons. The molecule has 2 N–H and O–H groups in total. The summed E-state index contributed by atoms with van der Waals surface area (Å²) in [6.07, 6.45) is 0. The van der Waals surface area contributed by atoms with Crippen molar-refractivity contribution in [3.63, 3.8) is 0 Å². The average Bonchev–Trinajstić information content (AvgIpc) is 2.94. The molecule has 0 aromatic carbocycles. The normalized spacial score (nSPS) is 11.6. The van der Waals surface area contributed by atoms with Gasteiger partial charge in [-0.1, -0.05) is 0 Å². The molecular formula is C9H9N3O4S3. The standard InChI is InChI=1S/C9H9N3O4S3/c1-5-12-6(3-17-5)2-11-19(15,16)9-7(8(13)14)10-4-18-9/h3-4,11H,2H2,1H3,(H,13,14). The number of aromatic nitrogens is 2. The van der Waals surface area contributed by atoms with Crippen LogP contribution in [-0.2, 0) is 16.6 Å². The molecule has 2 heterocycles. The molecule has 7 nitrogen and oxygen atoms in total. The maximum atomic E-state index is 12.0. The summed E-state index contributed by atoms with van der Waals surface area (Å²) in [6.45, 7) is 1.83. The van der Waals surface area contributed by atoms with Crippen LogP contribution in [0.15, 0.2) is 15.1 Å². The van der Waals surface area contributed by atoms with Crippen LogP contribution in [0.25, 0.3) is 0 Å². The lowest BCUT2D eigenvalue weighted by molar-refractivity contribution is 0.0687. The van der Waals surface area contributed by atoms with Gasteiger partial charge in [0.1, 0.15) is 0 Å². The molecule has 0 fully saturated rings. The number of nitrogens with zero attached hydrogens (tertiary/aromatic N) is 2. The summed E-state index contributed by atoms with van der Waals surface area (Å²) in [5, 5.41) is 11.4. The van der Waals surface area contributed by atoms with Gasteiger partial charge in [0, 0.05) is 5.38 Å². The number of aromatic carboxylic acids is 1. The molecule has 0 aliphatic heterocycles. The van der Waals surface area contributed by atoms with E-state index in [1.165, 1.54) is 16.8 Å². The van der Waals surface area contributed by atoms with E-state index in [1.54, 1.807) is 5.38 Å². The van der Waals surface area contributed by atoms with Gasteiger partial charge in [-0.2, -0.15) is 0 Å². The van der Waals surface area contributed by atoms with Crippen molar-refractivity contribution in [2.24, 2.45) is 0 Å². The van der Waals surface area contributed by atoms with E-state index in [9.17, 15) is 13.2 Å². The Morgan fingerprint density at radius 1 is 1.47 bits per heavy atom. The number of thiazole rings is 2. The third-order valence-electron chi connectivity index (χ3n) is 2.09. The van der Waals surface area contributed by atoms with Crippen molar-refractivity contribution >= 4 is 38.7 Å². The van der Waals surface area contributed by atoms with E-state index in [-0.39, 0.29) is 10.8 Å². The lowest BCUT2D eigenvalue weighted by Crippen LogP contribution is -2.24. The summed E-state index contributed by atoms with van der Waals surface area (Å²) in [4.78, 5) is 18.5. The molecule has 0 bridgehead atoms. The van der Waals surface area contributed by atoms with Gasteiger partial charge in [0.2, 0.25) is 0 Å². The average molecular weight is 319 g/mol. The molecular weight excluding hydrogens is 310 g/mol. The first kappa shape index (κ1) is 14.1. The highest BCUT2D eigenvalue weighted by molar-refractivity contribution is 7.91. The van der Waals surface area contributed by atoms with Crippen molar-refractivity contribution in [1.29, 1.82) is 0 Å². The molecule has 0 saturated carbocycles. The Morgan fingerprint density at radius 3 is 2.79 bits per heavy atom. The summed E-state index contributed by atoms with van der Waals surface area (Å²) >= 11 is 2.18. The Morgan fingerprint density at radius 2 is 2.21 bits per heavy atom. The molecule has 2 aromatic heterocycles. The fourth-order valence-electron chi connectivity index (χ4n) is 1.29. The van der Waals surface area contributed by atoms with Crippen molar-refractivity contribution in [1.82, 2.24) is 14.7 Å². The van der Waals surface area contributed by atoms with Gasteiger partial charge in [-0.15, -0.1) is 22.7 Å². The summed E-state index contributed by atoms with van der Waals surface area (Å²) < 4.78 is 26.0. The smallest absolute Gasteiger partial charge is 0.356 e. The third kappa shape index (κ3) is 3.15. The van der Waals surface area contributed by atoms with Gasteiger partial charge in [0.05, 0.1) is 22.8 Å². The van der Waals surface area contributed by atoms with Gasteiger partial charge < -0.3 is 5.11 Å². The van der Waals surface area contributed by atoms with E-state index < -0.39 is 21.7 Å². The molecule has 2 rings (SSSR count). The second-order valence-electron chi connectivity index (χ2n) is 3.48. The maximum Gasteiger partial charge on any atom is 0.356 e. The van der Waals surface area contributed by atoms with Gasteiger partial charge >= 0.3 is 5.97 Å². The van der Waals surface area contributed by atoms with Crippen LogP contribution in [-0.4, -0.2) is 29.5 Å². The predicted molar refractivity (Wildman–Crippen MR) is 69.9 cm³/mol. The van der Waals surface area contributed by atoms with E-state index in [4.69, 9.17) is 5.11 Å². The number of carbonyl (C=O) groups is 1. The van der Waals surface area contributed by atoms with Crippen molar-refractivity contribution in [3.05, 3.63) is 27.3 Å². The van der Waals surface area contributed by atoms with Crippen LogP contribution in [0.2, 0.25) is 0 Å². The Bertz CT molecular complexity index is 704. The van der Waals surface area contributed by atoms with E-state index in [2.05, 4.69) is 14.7 Å². The highest BCUT2D eigenvalue weighted by Crippen LogP contribution is 2.20. The third-order valence-corrected chi connectivity index (χ3v) is 5.68. The molecule has 19 heavy (non-hydrogen) atoms. The molecule has 0 aliphatic carbocycles. The molecule has 0 atom stereocenters. The van der Waals surface area contributed by atoms with Crippen LogP contribution in [0.3, 0.4) is 0 Å². The minimum absolute atomic E-state index is 0.0175. The second-order valence-corrected chi connectivity index (χ2v) is 7.36. The molecule has 0 spiro atoms. The number of sulfonamides is 1. The fraction of sp³-hybridized carbons (Fsp3) is 0.222. The molecule has 10 heteroatoms. The van der Waals surface area contributed by atoms with Crippen LogP contribution in [0.5, 0.6) is 0 Å². The van der Waals surface area contributed by atoms with Crippen molar-refractivity contribution in [2.75, 3.05) is 0 Å². The highest BCUT2D eigenvalue weighted by atomic mass is 32.2. The van der Waals surface area contributed by atoms with Crippen LogP contribution in [0.4, 0.5) is 0 Å². The Labute approximate surface area is 117 Å². The van der Waals surface area contributed by atoms with Gasteiger partial charge in [0.15, 0.2) is 9.90 Å². The SMILES string of the molecule is Cc1nc(CNS(=O)(=O)c2scnc2C(=O)O)cs1. The van der Waals surface area contributed by atoms with Crippen molar-refractivity contribution in [3.8, 4) is 0 Å². The summed E-state index contributed by atoms with van der Waals surface area (Å²) in [5.41, 5.74) is 1.31. The van der Waals surface area contributed by atoms with E-state index in [1.807, 2.05) is 6.92 Å². The first-order chi connectivity index (χ1) is 8.90. The van der Waals surface area contributed by atoms with Gasteiger partial charge in [-0.3, -0.25) is 0 Å². The Balaban J connectivity index is 2.18. The van der Waals surface area contributed by atoms with Crippen LogP contribution in [0, 0.1) is 6.92 Å². The van der Waals surface area contributed by atoms with Crippen LogP contribution >= 0.6 is 22.7 Å². The number of aryl methyl sites for hydroxylation is 1. The predicted octanol–water partition coefficient (Wildman–Crippen LogP) is 1.08. The molecule has 0 saturated heterocycles. The summed E-state index contributed by atoms with van der Waals surface area (Å²) in [5.74, 6) is -1.37. The first-order valence-corrected chi connectivity index (χ1v) is 8.22. The quantitative estimate of drug-likeness (QED) is 0.853. The van der Waals surface area contributed by atoms with Gasteiger partial charge in [-0.25, -0.2) is 27.9 Å². The first-order valence-electron chi connectivity index (χ1n) is 4.97. The number of nitrogens with one attached hydrogen (secondary N) is 1. The molecule has 0 unspecified atom stereocenters. The van der Waals surface area contributed by atoms with Gasteiger partial charge in [-0.05, 0) is 6.92 Å². The zero-order valence-corrected chi connectivity index (χ0v) is 12.1. The summed E-state index contributed by atoms with van der Waals surface area (Å²) in [6, 6.07) is 0. The van der Waals surface area contributed by atoms with Crippen LogP contribution < -0.4 is 4.72 Å². The maximum absolute atomic E-state index is 12.0. The second kappa shape index (κ2) is 5.33. The summed E-state index contributed by atoms with van der Waals surface area (Å²) in [7, 11) is -3.89. The van der Waals surface area contributed by atoms with Crippen molar-refractivity contribution in [2.45, 2.75) is 17.7 Å². The number of hydrogen-bond donors (Lipinski definition) is 2. The van der Waals surface area contributed by atoms with Crippen LogP contribution in [0.1, 0.15) is 21.2 Å². The fourth-order valence-corrected chi connectivity index (χ4v) is 4.09. The highest BCUT2D eigenvalue weighted by Gasteiger charge is 2.25. The minimum Gasteiger partial charge on any atom is -0.476 e. The zero-order chi connectivity index (χ0) is 14.0. The van der Waals surface area contributed by atoms with Gasteiger partial charge in [0.25, 0.3) is 10.0 Å². The molecule has 102 valence electrons. The zero-order valence-electron chi connectivity index (χ0n) is 9.65. The Hall–Kier alpha value is -1.36. The van der Waals surface area contributed by atoms with E-state index in [0.717, 1.165) is 16.3 Å². The lowest BCUT2D eigenvalue weighted by Gasteiger charge is -2.03. The number of carboxylic acids is 1. The Kier molecular flexibility index (Phi) is 3.94. The van der Waals surface area contributed by atoms with Crippen molar-refractivity contribution < 1.29 is 18.3 Å². The van der Waals surface area contributed by atoms with E-state index >= 15 is 0 Å². The number of rotatable bonds is 5. The minimum atomic E-state index is -3.89. The largest absolute Gasteiger partial charge is 0.476 e. The molecule has 0 aliphatic rings. The topological polar surface area (TPSA) is 109 Å². The number of hydrogen-bond acceptors (Lipinski definition) is 7. The lowest BCUT2D eigenvalue weighted by atomic mass is 10.5. The van der Waals surface area contributed by atoms with E-state index in [0.29, 0.717) is 5.69 Å². The number of carboxylic acid groups (broad SMARTS) is 1. The molecule has 0 amide bonds. The molecule has 2 aromatic rings.